The normalized spacial score (nSPS) is 14.6. The summed E-state index contributed by atoms with van der Waals surface area (Å²) in [6.45, 7) is 0.909. The van der Waals surface area contributed by atoms with Gasteiger partial charge in [0, 0.05) is 36.3 Å². The van der Waals surface area contributed by atoms with Crippen LogP contribution in [-0.2, 0) is 0 Å². The van der Waals surface area contributed by atoms with Crippen molar-refractivity contribution in [3.8, 4) is 5.75 Å². The Balaban J connectivity index is 1.62. The van der Waals surface area contributed by atoms with Crippen LogP contribution in [0.3, 0.4) is 0 Å². The second-order valence-corrected chi connectivity index (χ2v) is 6.39. The number of methoxy groups -OCH3 is 1. The van der Waals surface area contributed by atoms with Gasteiger partial charge in [0.15, 0.2) is 5.78 Å². The van der Waals surface area contributed by atoms with E-state index in [1.807, 2.05) is 0 Å². The Morgan fingerprint density at radius 3 is 2.33 bits per heavy atom. The van der Waals surface area contributed by atoms with E-state index in [2.05, 4.69) is 4.98 Å². The van der Waals surface area contributed by atoms with E-state index < -0.39 is 5.97 Å². The predicted octanol–water partition coefficient (Wildman–Crippen LogP) is 2.52. The minimum absolute atomic E-state index is 0.0711. The quantitative estimate of drug-likeness (QED) is 0.815. The molecule has 0 bridgehead atoms. The van der Waals surface area contributed by atoms with Crippen molar-refractivity contribution in [3.63, 3.8) is 0 Å². The van der Waals surface area contributed by atoms with E-state index in [4.69, 9.17) is 9.84 Å². The molecule has 3 rings (SSSR count). The lowest BCUT2D eigenvalue weighted by Crippen LogP contribution is -2.40. The predicted molar refractivity (Wildman–Crippen MR) is 97.1 cm³/mol. The number of pyridine rings is 1. The molecule has 1 aliphatic heterocycles. The number of nitrogens with zero attached hydrogens (tertiary/aromatic N) is 2. The van der Waals surface area contributed by atoms with E-state index in [1.54, 1.807) is 36.3 Å². The molecular weight excluding hydrogens is 348 g/mol. The first kappa shape index (κ1) is 18.6. The number of rotatable bonds is 5. The van der Waals surface area contributed by atoms with Gasteiger partial charge in [0.25, 0.3) is 5.91 Å². The van der Waals surface area contributed by atoms with Crippen molar-refractivity contribution < 1.29 is 24.2 Å². The summed E-state index contributed by atoms with van der Waals surface area (Å²) < 4.78 is 5.10. The third kappa shape index (κ3) is 4.13. The lowest BCUT2D eigenvalue weighted by molar-refractivity contribution is 0.0649. The lowest BCUT2D eigenvalue weighted by atomic mass is 9.88. The molecule has 140 valence electrons. The number of carbonyl (C=O) groups is 3. The summed E-state index contributed by atoms with van der Waals surface area (Å²) in [7, 11) is 1.58. The second kappa shape index (κ2) is 7.99. The molecule has 2 heterocycles. The Morgan fingerprint density at radius 2 is 1.74 bits per heavy atom. The fourth-order valence-corrected chi connectivity index (χ4v) is 3.20. The number of benzene rings is 1. The highest BCUT2D eigenvalue weighted by atomic mass is 16.5. The van der Waals surface area contributed by atoms with E-state index in [0.29, 0.717) is 42.8 Å². The van der Waals surface area contributed by atoms with Crippen LogP contribution in [0.15, 0.2) is 42.6 Å². The van der Waals surface area contributed by atoms with Gasteiger partial charge in [0.2, 0.25) is 0 Å². The Bertz CT molecular complexity index is 855. The summed E-state index contributed by atoms with van der Waals surface area (Å²) in [5, 5.41) is 9.01. The van der Waals surface area contributed by atoms with Crippen LogP contribution in [0.2, 0.25) is 0 Å². The third-order valence-electron chi connectivity index (χ3n) is 4.75. The number of likely N-dealkylation sites (tertiary alicyclic amines) is 1. The zero-order valence-corrected chi connectivity index (χ0v) is 14.9. The number of piperidine rings is 1. The van der Waals surface area contributed by atoms with Crippen LogP contribution < -0.4 is 4.74 Å². The van der Waals surface area contributed by atoms with Crippen molar-refractivity contribution >= 4 is 17.7 Å². The summed E-state index contributed by atoms with van der Waals surface area (Å²) in [6.07, 6.45) is 2.47. The van der Waals surface area contributed by atoms with E-state index in [0.717, 1.165) is 0 Å². The zero-order chi connectivity index (χ0) is 19.4. The average Bonchev–Trinajstić information content (AvgIpc) is 2.73. The second-order valence-electron chi connectivity index (χ2n) is 6.39. The van der Waals surface area contributed by atoms with Crippen molar-refractivity contribution in [2.24, 2.45) is 5.92 Å². The SMILES string of the molecule is COc1ccc(C(=O)C2CCN(C(=O)c3ccnc(C(=O)O)c3)CC2)cc1. The van der Waals surface area contributed by atoms with Gasteiger partial charge in [-0.15, -0.1) is 0 Å². The average molecular weight is 368 g/mol. The number of ketones is 1. The molecule has 2 aromatic rings. The first-order chi connectivity index (χ1) is 13.0. The van der Waals surface area contributed by atoms with Gasteiger partial charge in [0.1, 0.15) is 11.4 Å². The highest BCUT2D eigenvalue weighted by molar-refractivity contribution is 5.99. The number of hydrogen-bond donors (Lipinski definition) is 1. The maximum Gasteiger partial charge on any atom is 0.354 e. The number of aromatic carboxylic acids is 1. The van der Waals surface area contributed by atoms with E-state index >= 15 is 0 Å². The number of carboxylic acid groups (broad SMARTS) is 1. The standard InChI is InChI=1S/C20H20N2O5/c1-27-16-4-2-13(3-5-16)18(23)14-7-10-22(11-8-14)19(24)15-6-9-21-17(12-15)20(25)26/h2-6,9,12,14H,7-8,10-11H2,1H3,(H,25,26). The fourth-order valence-electron chi connectivity index (χ4n) is 3.20. The molecule has 1 N–H and O–H groups in total. The first-order valence-corrected chi connectivity index (χ1v) is 8.66. The Labute approximate surface area is 156 Å². The van der Waals surface area contributed by atoms with Gasteiger partial charge in [-0.3, -0.25) is 9.59 Å². The fraction of sp³-hybridized carbons (Fsp3) is 0.300. The molecule has 0 atom stereocenters. The number of aromatic nitrogens is 1. The van der Waals surface area contributed by atoms with Crippen molar-refractivity contribution in [3.05, 3.63) is 59.4 Å². The van der Waals surface area contributed by atoms with Crippen molar-refractivity contribution in [2.75, 3.05) is 20.2 Å². The highest BCUT2D eigenvalue weighted by Gasteiger charge is 2.28. The molecule has 1 saturated heterocycles. The van der Waals surface area contributed by atoms with Gasteiger partial charge >= 0.3 is 5.97 Å². The van der Waals surface area contributed by atoms with Crippen molar-refractivity contribution in [1.82, 2.24) is 9.88 Å². The molecule has 0 aliphatic carbocycles. The summed E-state index contributed by atoms with van der Waals surface area (Å²) in [5.41, 5.74) is 0.772. The van der Waals surface area contributed by atoms with Crippen LogP contribution in [0, 0.1) is 5.92 Å². The van der Waals surface area contributed by atoms with Crippen molar-refractivity contribution in [1.29, 1.82) is 0 Å². The number of carboxylic acids is 1. The monoisotopic (exact) mass is 368 g/mol. The molecule has 0 spiro atoms. The zero-order valence-electron chi connectivity index (χ0n) is 14.9. The van der Waals surface area contributed by atoms with Gasteiger partial charge in [0.05, 0.1) is 7.11 Å². The molecular formula is C20H20N2O5. The van der Waals surface area contributed by atoms with E-state index in [1.165, 1.54) is 18.3 Å². The molecule has 1 amide bonds. The number of ether oxygens (including phenoxy) is 1. The Morgan fingerprint density at radius 1 is 1.07 bits per heavy atom. The molecule has 27 heavy (non-hydrogen) atoms. The summed E-state index contributed by atoms with van der Waals surface area (Å²) in [4.78, 5) is 41.6. The minimum Gasteiger partial charge on any atom is -0.497 e. The maximum absolute atomic E-state index is 12.6. The first-order valence-electron chi connectivity index (χ1n) is 8.66. The van der Waals surface area contributed by atoms with Gasteiger partial charge in [-0.25, -0.2) is 9.78 Å². The number of hydrogen-bond acceptors (Lipinski definition) is 5. The molecule has 7 heteroatoms. The van der Waals surface area contributed by atoms with Crippen LogP contribution >= 0.6 is 0 Å². The van der Waals surface area contributed by atoms with Crippen LogP contribution in [-0.4, -0.2) is 52.8 Å². The summed E-state index contributed by atoms with van der Waals surface area (Å²) in [6, 6.07) is 9.81. The topological polar surface area (TPSA) is 96.8 Å². The molecule has 7 nitrogen and oxygen atoms in total. The Kier molecular flexibility index (Phi) is 5.49. The Hall–Kier alpha value is -3.22. The van der Waals surface area contributed by atoms with Gasteiger partial charge < -0.3 is 14.7 Å². The molecule has 0 saturated carbocycles. The summed E-state index contributed by atoms with van der Waals surface area (Å²) in [5.74, 6) is -0.773. The highest BCUT2D eigenvalue weighted by Crippen LogP contribution is 2.24. The number of Topliss-reactive ketones (excluding diaryl/α,β-unsaturated/α-hetero) is 1. The van der Waals surface area contributed by atoms with Crippen LogP contribution in [0.4, 0.5) is 0 Å². The molecule has 1 aliphatic rings. The molecule has 1 fully saturated rings. The molecule has 1 aromatic carbocycles. The molecule has 1 aromatic heterocycles. The number of carbonyl (C=O) groups excluding carboxylic acids is 2. The van der Waals surface area contributed by atoms with E-state index in [-0.39, 0.29) is 23.3 Å². The van der Waals surface area contributed by atoms with Gasteiger partial charge in [-0.05, 0) is 49.2 Å². The van der Waals surface area contributed by atoms with Crippen LogP contribution in [0.1, 0.15) is 44.0 Å². The van der Waals surface area contributed by atoms with Crippen molar-refractivity contribution in [2.45, 2.75) is 12.8 Å². The minimum atomic E-state index is -1.17. The smallest absolute Gasteiger partial charge is 0.354 e. The number of amides is 1. The van der Waals surface area contributed by atoms with Crippen LogP contribution in [0.5, 0.6) is 5.75 Å². The molecule has 0 radical (unpaired) electrons. The molecule has 0 unspecified atom stereocenters. The van der Waals surface area contributed by atoms with Crippen LogP contribution in [0.25, 0.3) is 0 Å². The lowest BCUT2D eigenvalue weighted by Gasteiger charge is -2.31. The van der Waals surface area contributed by atoms with Gasteiger partial charge in [-0.1, -0.05) is 0 Å². The third-order valence-corrected chi connectivity index (χ3v) is 4.75. The van der Waals surface area contributed by atoms with Gasteiger partial charge in [-0.2, -0.15) is 0 Å². The summed E-state index contributed by atoms with van der Waals surface area (Å²) >= 11 is 0. The van der Waals surface area contributed by atoms with E-state index in [9.17, 15) is 14.4 Å². The largest absolute Gasteiger partial charge is 0.497 e. The maximum atomic E-state index is 12.6.